The van der Waals surface area contributed by atoms with Crippen molar-refractivity contribution in [3.05, 3.63) is 62.6 Å². The molecule has 1 atom stereocenters. The molecule has 0 aromatic carbocycles. The van der Waals surface area contributed by atoms with E-state index in [-0.39, 0.29) is 42.6 Å². The molecule has 5 nitrogen and oxygen atoms in total. The van der Waals surface area contributed by atoms with Gasteiger partial charge in [-0.2, -0.15) is 0 Å². The number of aromatic nitrogens is 2. The highest BCUT2D eigenvalue weighted by Gasteiger charge is 2.38. The lowest BCUT2D eigenvalue weighted by molar-refractivity contribution is 0.194. The highest BCUT2D eigenvalue weighted by molar-refractivity contribution is 6.74. The van der Waals surface area contributed by atoms with Gasteiger partial charge in [-0.1, -0.05) is 109 Å². The second-order valence-electron chi connectivity index (χ2n) is 12.6. The second-order valence-corrected chi connectivity index (χ2v) is 23.8. The van der Waals surface area contributed by atoms with Gasteiger partial charge in [0.1, 0.15) is 10.3 Å². The lowest BCUT2D eigenvalue weighted by Crippen LogP contribution is -2.42. The summed E-state index contributed by atoms with van der Waals surface area (Å²) in [6, 6.07) is 3.51. The summed E-state index contributed by atoms with van der Waals surface area (Å²) in [6.07, 6.45) is 3.32. The van der Waals surface area contributed by atoms with Crippen LogP contribution in [0.25, 0.3) is 5.57 Å². The molecule has 0 spiro atoms. The first-order valence-corrected chi connectivity index (χ1v) is 20.1. The Bertz CT molecular complexity index is 1120. The molecule has 1 unspecified atom stereocenters. The smallest absolute Gasteiger partial charge is 0.192 e. The van der Waals surface area contributed by atoms with Crippen LogP contribution in [0.3, 0.4) is 0 Å². The Morgan fingerprint density at radius 1 is 0.829 bits per heavy atom. The van der Waals surface area contributed by atoms with Crippen molar-refractivity contribution >= 4 is 68.6 Å². The Balaban J connectivity index is 0. The molecule has 0 amide bonds. The molecule has 0 fully saturated rings. The third-order valence-electron chi connectivity index (χ3n) is 7.58. The summed E-state index contributed by atoms with van der Waals surface area (Å²) in [5, 5.41) is 11.3. The molecule has 1 N–H and O–H groups in total. The van der Waals surface area contributed by atoms with Gasteiger partial charge in [0, 0.05) is 24.9 Å². The largest absolute Gasteiger partial charge is 0.416 e. The molecule has 0 radical (unpaired) electrons. The minimum absolute atomic E-state index is 0. The van der Waals surface area contributed by atoms with Crippen LogP contribution in [0, 0.1) is 0 Å². The molecule has 2 aromatic heterocycles. The van der Waals surface area contributed by atoms with Gasteiger partial charge in [-0.3, -0.25) is 0 Å². The summed E-state index contributed by atoms with van der Waals surface area (Å²) in [4.78, 5) is 8.04. The highest BCUT2D eigenvalue weighted by atomic mass is 35.5. The summed E-state index contributed by atoms with van der Waals surface area (Å²) in [6.45, 7) is 27.0. The third kappa shape index (κ3) is 13.0. The van der Waals surface area contributed by atoms with Crippen LogP contribution < -0.4 is 0 Å². The minimum atomic E-state index is -1.83. The van der Waals surface area contributed by atoms with Gasteiger partial charge in [0.15, 0.2) is 16.6 Å². The Labute approximate surface area is 272 Å². The summed E-state index contributed by atoms with van der Waals surface area (Å²) in [7, 11) is -3.60. The fourth-order valence-corrected chi connectivity index (χ4v) is 5.19. The van der Waals surface area contributed by atoms with Crippen LogP contribution in [0.4, 0.5) is 0 Å². The van der Waals surface area contributed by atoms with Crippen LogP contribution in [0.1, 0.15) is 73.4 Å². The topological polar surface area (TPSA) is 64.5 Å². The van der Waals surface area contributed by atoms with E-state index in [0.717, 1.165) is 16.7 Å². The average molecular weight is 687 g/mol. The first kappa shape index (κ1) is 42.6. The van der Waals surface area contributed by atoms with Crippen LogP contribution in [0.15, 0.2) is 31.1 Å². The Hall–Kier alpha value is -0.486. The van der Waals surface area contributed by atoms with Crippen molar-refractivity contribution in [3.63, 3.8) is 0 Å². The van der Waals surface area contributed by atoms with Crippen LogP contribution in [0.5, 0.6) is 0 Å². The molecule has 2 heterocycles. The molecule has 0 aliphatic rings. The van der Waals surface area contributed by atoms with Gasteiger partial charge >= 0.3 is 0 Å². The number of hydrogen-bond donors (Lipinski definition) is 1. The lowest BCUT2D eigenvalue weighted by atomic mass is 10.0. The number of aliphatic hydroxyl groups excluding tert-OH is 1. The standard InChI is InChI=1S/C14H23Cl2NO2Si.C14H21Cl2NOSi.2CH4/c1-14(2,3)20(4,5)19-9-11(8-18)10-6-12(15)13(16)17-7-10;1-10(9-18-19(5,6)14(2,3)4)11-7-12(15)13(16)17-8-11;;/h6-7,11,18H,8-9H2,1-5H3;7-8H,1,9H2,2-6H3;2*1H4. The van der Waals surface area contributed by atoms with E-state index in [1.165, 1.54) is 0 Å². The van der Waals surface area contributed by atoms with Crippen molar-refractivity contribution in [1.82, 2.24) is 9.97 Å². The van der Waals surface area contributed by atoms with Crippen molar-refractivity contribution in [3.8, 4) is 0 Å². The van der Waals surface area contributed by atoms with Crippen molar-refractivity contribution in [2.45, 2.75) is 98.6 Å². The maximum atomic E-state index is 9.57. The number of nitrogens with zero attached hydrogens (tertiary/aromatic N) is 2. The SMILES string of the molecule is C.C.C=C(CO[Si](C)(C)C(C)(C)C)c1cnc(Cl)c(Cl)c1.CC(C)(C)[Si](C)(C)OCC(CO)c1cnc(Cl)c(Cl)c1. The number of pyridine rings is 2. The quantitative estimate of drug-likeness (QED) is 0.210. The van der Waals surface area contributed by atoms with E-state index in [1.54, 1.807) is 24.5 Å². The first-order valence-electron chi connectivity index (χ1n) is 12.8. The van der Waals surface area contributed by atoms with Gasteiger partial charge in [-0.05, 0) is 65.1 Å². The van der Waals surface area contributed by atoms with E-state index in [2.05, 4.69) is 84.3 Å². The molecule has 2 aromatic rings. The van der Waals surface area contributed by atoms with Crippen LogP contribution in [-0.2, 0) is 8.85 Å². The van der Waals surface area contributed by atoms with E-state index >= 15 is 0 Å². The van der Waals surface area contributed by atoms with Gasteiger partial charge in [0.05, 0.1) is 23.3 Å². The molecule has 11 heteroatoms. The zero-order valence-corrected chi connectivity index (χ0v) is 29.9. The predicted molar refractivity (Wildman–Crippen MR) is 187 cm³/mol. The zero-order chi connectivity index (χ0) is 30.4. The Kier molecular flexibility index (Phi) is 17.8. The summed E-state index contributed by atoms with van der Waals surface area (Å²) in [5.74, 6) is -0.133. The van der Waals surface area contributed by atoms with E-state index in [0.29, 0.717) is 28.4 Å². The highest BCUT2D eigenvalue weighted by Crippen LogP contribution is 2.38. The number of aliphatic hydroxyl groups is 1. The molecule has 0 saturated heterocycles. The van der Waals surface area contributed by atoms with Gasteiger partial charge in [0.25, 0.3) is 0 Å². The van der Waals surface area contributed by atoms with Crippen LogP contribution >= 0.6 is 46.4 Å². The van der Waals surface area contributed by atoms with E-state index < -0.39 is 16.6 Å². The molecular formula is C30H52Cl4N2O3Si2. The molecular weight excluding hydrogens is 634 g/mol. The maximum absolute atomic E-state index is 9.57. The Morgan fingerprint density at radius 3 is 1.68 bits per heavy atom. The number of hydrogen-bond acceptors (Lipinski definition) is 5. The molecule has 41 heavy (non-hydrogen) atoms. The summed E-state index contributed by atoms with van der Waals surface area (Å²) < 4.78 is 12.3. The second kappa shape index (κ2) is 17.1. The fourth-order valence-electron chi connectivity index (χ4n) is 2.62. The zero-order valence-electron chi connectivity index (χ0n) is 24.9. The van der Waals surface area contributed by atoms with Crippen molar-refractivity contribution in [2.24, 2.45) is 0 Å². The van der Waals surface area contributed by atoms with Crippen LogP contribution in [0.2, 0.25) is 56.6 Å². The predicted octanol–water partition coefficient (Wildman–Crippen LogP) is 11.2. The number of rotatable bonds is 9. The van der Waals surface area contributed by atoms with E-state index in [4.69, 9.17) is 55.3 Å². The monoisotopic (exact) mass is 684 g/mol. The van der Waals surface area contributed by atoms with Crippen LogP contribution in [-0.4, -0.2) is 51.5 Å². The number of halogens is 4. The molecule has 236 valence electrons. The van der Waals surface area contributed by atoms with Gasteiger partial charge in [0.2, 0.25) is 0 Å². The van der Waals surface area contributed by atoms with Crippen molar-refractivity contribution in [2.75, 3.05) is 19.8 Å². The van der Waals surface area contributed by atoms with Crippen molar-refractivity contribution in [1.29, 1.82) is 0 Å². The third-order valence-corrected chi connectivity index (χ3v) is 17.9. The summed E-state index contributed by atoms with van der Waals surface area (Å²) >= 11 is 23.5. The fraction of sp³-hybridized carbons (Fsp3) is 0.600. The van der Waals surface area contributed by atoms with E-state index in [9.17, 15) is 5.11 Å². The Morgan fingerprint density at radius 2 is 1.27 bits per heavy atom. The average Bonchev–Trinajstić information content (AvgIpc) is 2.80. The first-order chi connectivity index (χ1) is 17.6. The van der Waals surface area contributed by atoms with Crippen molar-refractivity contribution < 1.29 is 14.0 Å². The molecule has 0 aliphatic heterocycles. The lowest BCUT2D eigenvalue weighted by Gasteiger charge is -2.37. The summed E-state index contributed by atoms with van der Waals surface area (Å²) in [5.41, 5.74) is 2.59. The van der Waals surface area contributed by atoms with Gasteiger partial charge in [-0.15, -0.1) is 0 Å². The van der Waals surface area contributed by atoms with Gasteiger partial charge < -0.3 is 14.0 Å². The molecule has 0 bridgehead atoms. The van der Waals surface area contributed by atoms with Gasteiger partial charge in [-0.25, -0.2) is 9.97 Å². The minimum Gasteiger partial charge on any atom is -0.416 e. The normalized spacial score (nSPS) is 12.9. The molecule has 0 aliphatic carbocycles. The maximum Gasteiger partial charge on any atom is 0.192 e. The molecule has 2 rings (SSSR count). The van der Waals surface area contributed by atoms with E-state index in [1.807, 2.05) is 0 Å². The molecule has 0 saturated carbocycles.